The van der Waals surface area contributed by atoms with Crippen molar-refractivity contribution in [1.29, 1.82) is 0 Å². The molecular formula is C21H22Cl2N4O2. The maximum atomic E-state index is 12.9. The van der Waals surface area contributed by atoms with Crippen molar-refractivity contribution in [3.8, 4) is 0 Å². The van der Waals surface area contributed by atoms with Gasteiger partial charge in [0.2, 0.25) is 5.91 Å². The summed E-state index contributed by atoms with van der Waals surface area (Å²) in [5, 5.41) is 15.2. The number of aromatic nitrogens is 2. The first-order valence-electron chi connectivity index (χ1n) is 9.49. The highest BCUT2D eigenvalue weighted by molar-refractivity contribution is 6.31. The number of halogens is 2. The van der Waals surface area contributed by atoms with Crippen LogP contribution in [0.25, 0.3) is 10.9 Å². The molecule has 1 amide bonds. The van der Waals surface area contributed by atoms with Gasteiger partial charge < -0.3 is 15.4 Å². The van der Waals surface area contributed by atoms with E-state index in [-0.39, 0.29) is 18.6 Å². The van der Waals surface area contributed by atoms with E-state index in [2.05, 4.69) is 15.3 Å². The molecule has 152 valence electrons. The molecule has 2 aromatic heterocycles. The smallest absolute Gasteiger partial charge is 0.245 e. The minimum atomic E-state index is -0.689. The van der Waals surface area contributed by atoms with Crippen LogP contribution in [0.4, 0.5) is 5.82 Å². The van der Waals surface area contributed by atoms with Gasteiger partial charge in [-0.1, -0.05) is 23.2 Å². The number of carbonyl (C=O) groups excluding carboxylic acids is 1. The average molecular weight is 433 g/mol. The molecule has 0 fully saturated rings. The number of aliphatic hydroxyl groups is 1. The monoisotopic (exact) mass is 432 g/mol. The summed E-state index contributed by atoms with van der Waals surface area (Å²) in [4.78, 5) is 22.7. The molecular weight excluding hydrogens is 411 g/mol. The van der Waals surface area contributed by atoms with Crippen molar-refractivity contribution < 1.29 is 9.90 Å². The highest BCUT2D eigenvalue weighted by Crippen LogP contribution is 2.36. The van der Waals surface area contributed by atoms with Crippen LogP contribution >= 0.6 is 23.2 Å². The Kier molecular flexibility index (Phi) is 5.53. The molecule has 3 N–H and O–H groups in total. The third-order valence-corrected chi connectivity index (χ3v) is 6.22. The van der Waals surface area contributed by atoms with Gasteiger partial charge in [-0.3, -0.25) is 9.69 Å². The third kappa shape index (κ3) is 3.73. The number of anilines is 1. The minimum absolute atomic E-state index is 0.0623. The van der Waals surface area contributed by atoms with Crippen molar-refractivity contribution >= 4 is 45.8 Å². The van der Waals surface area contributed by atoms with Crippen molar-refractivity contribution in [2.75, 3.05) is 18.5 Å². The van der Waals surface area contributed by atoms with Gasteiger partial charge in [-0.05, 0) is 56.2 Å². The van der Waals surface area contributed by atoms with Crippen LogP contribution in [0.1, 0.15) is 29.9 Å². The van der Waals surface area contributed by atoms with Crippen LogP contribution in [0.2, 0.25) is 10.0 Å². The number of H-pyrrole nitrogens is 1. The minimum Gasteiger partial charge on any atom is -0.394 e. The van der Waals surface area contributed by atoms with Crippen molar-refractivity contribution in [2.24, 2.45) is 0 Å². The standard InChI is InChI=1S/C21H22Cl2N4O2/c1-11-16(23)4-6-19(24-11)26-21(29)18(10-28)27-8-7-14-15-9-13(22)3-5-17(15)25-20(14)12(27)2/h3-6,9,12,18,25,28H,7-8,10H2,1-2H3,(H,24,26,29). The SMILES string of the molecule is Cc1nc(NC(=O)C(CO)N2CCc3c([nH]c4ccc(Cl)cc34)C2C)ccc1Cl. The fraction of sp³-hybridized carbons (Fsp3) is 0.333. The third-order valence-electron chi connectivity index (χ3n) is 5.58. The molecule has 0 saturated heterocycles. The number of amides is 1. The number of aromatic amines is 1. The van der Waals surface area contributed by atoms with E-state index in [1.54, 1.807) is 19.1 Å². The molecule has 0 bridgehead atoms. The summed E-state index contributed by atoms with van der Waals surface area (Å²) >= 11 is 12.2. The number of nitrogens with one attached hydrogen (secondary N) is 2. The molecule has 4 rings (SSSR count). The lowest BCUT2D eigenvalue weighted by Crippen LogP contribution is -2.50. The Labute approximate surface area is 178 Å². The molecule has 1 aromatic carbocycles. The van der Waals surface area contributed by atoms with E-state index in [1.165, 1.54) is 5.56 Å². The highest BCUT2D eigenvalue weighted by atomic mass is 35.5. The lowest BCUT2D eigenvalue weighted by Gasteiger charge is -2.38. The number of hydrogen-bond acceptors (Lipinski definition) is 4. The van der Waals surface area contributed by atoms with Crippen LogP contribution in [-0.4, -0.2) is 45.1 Å². The molecule has 1 aliphatic rings. The summed E-state index contributed by atoms with van der Waals surface area (Å²) in [6.45, 7) is 4.18. The summed E-state index contributed by atoms with van der Waals surface area (Å²) in [5.41, 5.74) is 3.94. The van der Waals surface area contributed by atoms with Crippen molar-refractivity contribution in [1.82, 2.24) is 14.9 Å². The number of fused-ring (bicyclic) bond motifs is 3. The summed E-state index contributed by atoms with van der Waals surface area (Å²) < 4.78 is 0. The summed E-state index contributed by atoms with van der Waals surface area (Å²) in [5.74, 6) is 0.122. The van der Waals surface area contributed by atoms with Crippen LogP contribution in [0, 0.1) is 6.92 Å². The van der Waals surface area contributed by atoms with E-state index >= 15 is 0 Å². The topological polar surface area (TPSA) is 81.2 Å². The second-order valence-electron chi connectivity index (χ2n) is 7.32. The van der Waals surface area contributed by atoms with Gasteiger partial charge in [-0.15, -0.1) is 0 Å². The maximum Gasteiger partial charge on any atom is 0.245 e. The Morgan fingerprint density at radius 3 is 2.90 bits per heavy atom. The Morgan fingerprint density at radius 1 is 1.38 bits per heavy atom. The maximum absolute atomic E-state index is 12.9. The molecule has 0 radical (unpaired) electrons. The number of benzene rings is 1. The number of aliphatic hydroxyl groups excluding tert-OH is 1. The van der Waals surface area contributed by atoms with Crippen LogP contribution in [0.3, 0.4) is 0 Å². The van der Waals surface area contributed by atoms with Crippen LogP contribution in [0.15, 0.2) is 30.3 Å². The normalized spacial score (nSPS) is 17.9. The molecule has 8 heteroatoms. The molecule has 2 atom stereocenters. The Balaban J connectivity index is 1.58. The van der Waals surface area contributed by atoms with Gasteiger partial charge in [0.1, 0.15) is 11.9 Å². The number of nitrogens with zero attached hydrogens (tertiary/aromatic N) is 2. The second kappa shape index (κ2) is 7.95. The Morgan fingerprint density at radius 2 is 2.17 bits per heavy atom. The van der Waals surface area contributed by atoms with Gasteiger partial charge >= 0.3 is 0 Å². The van der Waals surface area contributed by atoms with E-state index in [0.29, 0.717) is 28.1 Å². The van der Waals surface area contributed by atoms with E-state index < -0.39 is 6.04 Å². The van der Waals surface area contributed by atoms with Crippen LogP contribution in [-0.2, 0) is 11.2 Å². The van der Waals surface area contributed by atoms with Crippen molar-refractivity contribution in [3.63, 3.8) is 0 Å². The van der Waals surface area contributed by atoms with E-state index in [1.807, 2.05) is 30.0 Å². The number of rotatable bonds is 4. The van der Waals surface area contributed by atoms with Crippen molar-refractivity contribution in [2.45, 2.75) is 32.4 Å². The first-order chi connectivity index (χ1) is 13.9. The number of pyridine rings is 1. The zero-order chi connectivity index (χ0) is 20.7. The first kappa shape index (κ1) is 20.2. The zero-order valence-corrected chi connectivity index (χ0v) is 17.7. The van der Waals surface area contributed by atoms with Gasteiger partial charge in [-0.2, -0.15) is 0 Å². The lowest BCUT2D eigenvalue weighted by atomic mass is 9.96. The molecule has 0 spiro atoms. The molecule has 29 heavy (non-hydrogen) atoms. The molecule has 0 aliphatic carbocycles. The van der Waals surface area contributed by atoms with Gasteiger partial charge in [0.05, 0.1) is 17.3 Å². The molecule has 2 unspecified atom stereocenters. The Bertz CT molecular complexity index is 1080. The largest absolute Gasteiger partial charge is 0.394 e. The van der Waals surface area contributed by atoms with Crippen LogP contribution < -0.4 is 5.32 Å². The zero-order valence-electron chi connectivity index (χ0n) is 16.2. The van der Waals surface area contributed by atoms with E-state index in [0.717, 1.165) is 23.0 Å². The van der Waals surface area contributed by atoms with Gasteiger partial charge in [0.25, 0.3) is 0 Å². The van der Waals surface area contributed by atoms with Gasteiger partial charge in [0, 0.05) is 34.2 Å². The van der Waals surface area contributed by atoms with Gasteiger partial charge in [0.15, 0.2) is 0 Å². The summed E-state index contributed by atoms with van der Waals surface area (Å²) in [6.07, 6.45) is 0.766. The average Bonchev–Trinajstić information content (AvgIpc) is 3.06. The highest BCUT2D eigenvalue weighted by Gasteiger charge is 2.35. The van der Waals surface area contributed by atoms with E-state index in [9.17, 15) is 9.90 Å². The molecule has 3 heterocycles. The molecule has 6 nitrogen and oxygen atoms in total. The quantitative estimate of drug-likeness (QED) is 0.579. The fourth-order valence-corrected chi connectivity index (χ4v) is 4.33. The summed E-state index contributed by atoms with van der Waals surface area (Å²) in [7, 11) is 0. The second-order valence-corrected chi connectivity index (χ2v) is 8.17. The molecule has 1 aliphatic heterocycles. The number of carbonyl (C=O) groups is 1. The first-order valence-corrected chi connectivity index (χ1v) is 10.2. The predicted octanol–water partition coefficient (Wildman–Crippen LogP) is 4.10. The Hall–Kier alpha value is -2.12. The van der Waals surface area contributed by atoms with Crippen LogP contribution in [0.5, 0.6) is 0 Å². The molecule has 3 aromatic rings. The number of hydrogen-bond donors (Lipinski definition) is 3. The van der Waals surface area contributed by atoms with Gasteiger partial charge in [-0.25, -0.2) is 4.98 Å². The fourth-order valence-electron chi connectivity index (χ4n) is 4.05. The predicted molar refractivity (Wildman–Crippen MR) is 116 cm³/mol. The lowest BCUT2D eigenvalue weighted by molar-refractivity contribution is -0.124. The molecule has 0 saturated carbocycles. The number of aryl methyl sites for hydroxylation is 1. The van der Waals surface area contributed by atoms with E-state index in [4.69, 9.17) is 23.2 Å². The van der Waals surface area contributed by atoms with Crippen molar-refractivity contribution in [3.05, 3.63) is 57.3 Å². The summed E-state index contributed by atoms with van der Waals surface area (Å²) in [6, 6.07) is 8.40.